The molecule has 0 fully saturated rings. The summed E-state index contributed by atoms with van der Waals surface area (Å²) in [7, 11) is 0. The Kier molecular flexibility index (Phi) is 4.92. The number of anilines is 2. The van der Waals surface area contributed by atoms with Gasteiger partial charge in [-0.25, -0.2) is 0 Å². The molecule has 0 aliphatic heterocycles. The van der Waals surface area contributed by atoms with Gasteiger partial charge in [-0.1, -0.05) is 23.2 Å². The van der Waals surface area contributed by atoms with Crippen LogP contribution in [-0.4, -0.2) is 10.5 Å². The lowest BCUT2D eigenvalue weighted by Crippen LogP contribution is -2.26. The van der Waals surface area contributed by atoms with Crippen molar-refractivity contribution < 1.29 is 4.79 Å². The van der Waals surface area contributed by atoms with Crippen molar-refractivity contribution in [1.29, 1.82) is 0 Å². The number of carbonyl (C=O) groups is 1. The molecule has 5 nitrogen and oxygen atoms in total. The molecule has 3 N–H and O–H groups in total. The highest BCUT2D eigenvalue weighted by atomic mass is 79.9. The van der Waals surface area contributed by atoms with Crippen molar-refractivity contribution in [2.24, 2.45) is 0 Å². The van der Waals surface area contributed by atoms with E-state index in [2.05, 4.69) is 21.2 Å². The first kappa shape index (κ1) is 15.9. The summed E-state index contributed by atoms with van der Waals surface area (Å²) in [5.41, 5.74) is 5.96. The molecular formula is C13H10BrCl2N3O2. The molecule has 0 atom stereocenters. The van der Waals surface area contributed by atoms with Crippen LogP contribution in [0.25, 0.3) is 0 Å². The zero-order valence-corrected chi connectivity index (χ0v) is 13.7. The highest BCUT2D eigenvalue weighted by Gasteiger charge is 2.12. The van der Waals surface area contributed by atoms with Crippen LogP contribution in [0.4, 0.5) is 11.4 Å². The Labute approximate surface area is 138 Å². The third-order valence-corrected chi connectivity index (χ3v) is 3.66. The number of benzene rings is 1. The molecule has 0 aliphatic carbocycles. The molecule has 1 aromatic heterocycles. The fraction of sp³-hybridized carbons (Fsp3) is 0.0769. The number of hydrogen-bond acceptors (Lipinski definition) is 3. The van der Waals surface area contributed by atoms with E-state index in [9.17, 15) is 9.59 Å². The number of hydrogen-bond donors (Lipinski definition) is 2. The van der Waals surface area contributed by atoms with E-state index in [0.29, 0.717) is 10.2 Å². The van der Waals surface area contributed by atoms with Crippen LogP contribution in [-0.2, 0) is 11.3 Å². The maximum Gasteiger partial charge on any atom is 0.251 e. The number of aromatic nitrogens is 1. The van der Waals surface area contributed by atoms with Crippen LogP contribution in [0.15, 0.2) is 39.7 Å². The Hall–Kier alpha value is -1.50. The minimum atomic E-state index is -0.427. The first-order valence-corrected chi connectivity index (χ1v) is 7.32. The second-order valence-corrected chi connectivity index (χ2v) is 5.95. The first-order chi connectivity index (χ1) is 9.86. The summed E-state index contributed by atoms with van der Waals surface area (Å²) in [5.74, 6) is -0.427. The summed E-state index contributed by atoms with van der Waals surface area (Å²) in [6.07, 6.45) is 1.52. The lowest BCUT2D eigenvalue weighted by atomic mass is 10.2. The molecule has 1 amide bonds. The summed E-state index contributed by atoms with van der Waals surface area (Å²) >= 11 is 15.2. The topological polar surface area (TPSA) is 77.1 Å². The number of nitrogens with one attached hydrogen (secondary N) is 1. The molecule has 0 radical (unpaired) electrons. The molecule has 0 spiro atoms. The predicted octanol–water partition coefficient (Wildman–Crippen LogP) is 3.14. The zero-order valence-electron chi connectivity index (χ0n) is 10.6. The molecule has 0 bridgehead atoms. The van der Waals surface area contributed by atoms with Gasteiger partial charge in [0, 0.05) is 22.4 Å². The highest BCUT2D eigenvalue weighted by molar-refractivity contribution is 9.10. The van der Waals surface area contributed by atoms with Crippen LogP contribution < -0.4 is 16.6 Å². The van der Waals surface area contributed by atoms with Gasteiger partial charge < -0.3 is 15.6 Å². The maximum atomic E-state index is 12.0. The standard InChI is InChI=1S/C13H10BrCl2N3O2/c14-7-1-2-12(21)19(5-7)6-11(20)18-13-9(15)3-8(17)4-10(13)16/h1-5H,6,17H2,(H,18,20). The molecule has 110 valence electrons. The molecule has 1 heterocycles. The van der Waals surface area contributed by atoms with Gasteiger partial charge in [0.1, 0.15) is 6.54 Å². The SMILES string of the molecule is Nc1cc(Cl)c(NC(=O)Cn2cc(Br)ccc2=O)c(Cl)c1. The smallest absolute Gasteiger partial charge is 0.251 e. The maximum absolute atomic E-state index is 12.0. The van der Waals surface area contributed by atoms with Gasteiger partial charge in [-0.3, -0.25) is 9.59 Å². The van der Waals surface area contributed by atoms with E-state index < -0.39 is 5.91 Å². The fourth-order valence-corrected chi connectivity index (χ4v) is 2.65. The summed E-state index contributed by atoms with van der Waals surface area (Å²) < 4.78 is 1.96. The summed E-state index contributed by atoms with van der Waals surface area (Å²) in [5, 5.41) is 3.03. The van der Waals surface area contributed by atoms with Crippen LogP contribution in [0.5, 0.6) is 0 Å². The average Bonchev–Trinajstić information content (AvgIpc) is 2.38. The van der Waals surface area contributed by atoms with Crippen molar-refractivity contribution >= 4 is 56.4 Å². The Morgan fingerprint density at radius 1 is 1.29 bits per heavy atom. The molecule has 0 saturated carbocycles. The van der Waals surface area contributed by atoms with Gasteiger partial charge in [-0.05, 0) is 34.1 Å². The molecule has 1 aromatic carbocycles. The van der Waals surface area contributed by atoms with Crippen molar-refractivity contribution in [2.75, 3.05) is 11.1 Å². The number of pyridine rings is 1. The van der Waals surface area contributed by atoms with Crippen molar-refractivity contribution in [2.45, 2.75) is 6.54 Å². The summed E-state index contributed by atoms with van der Waals surface area (Å²) in [6, 6.07) is 5.92. The second kappa shape index (κ2) is 6.51. The van der Waals surface area contributed by atoms with Gasteiger partial charge in [-0.2, -0.15) is 0 Å². The van der Waals surface area contributed by atoms with E-state index in [-0.39, 0.29) is 27.8 Å². The number of nitrogens with zero attached hydrogens (tertiary/aromatic N) is 1. The lowest BCUT2D eigenvalue weighted by Gasteiger charge is -2.11. The minimum absolute atomic E-state index is 0.157. The van der Waals surface area contributed by atoms with Gasteiger partial charge in [0.2, 0.25) is 5.91 Å². The van der Waals surface area contributed by atoms with Gasteiger partial charge in [0.05, 0.1) is 15.7 Å². The van der Waals surface area contributed by atoms with Crippen LogP contribution in [0.3, 0.4) is 0 Å². The third kappa shape index (κ3) is 4.00. The average molecular weight is 391 g/mol. The molecule has 2 aromatic rings. The zero-order chi connectivity index (χ0) is 15.6. The van der Waals surface area contributed by atoms with Crippen molar-refractivity contribution in [3.63, 3.8) is 0 Å². The van der Waals surface area contributed by atoms with E-state index in [1.807, 2.05) is 0 Å². The summed E-state index contributed by atoms with van der Waals surface area (Å²) in [6.45, 7) is -0.157. The fourth-order valence-electron chi connectivity index (χ4n) is 1.67. The highest BCUT2D eigenvalue weighted by Crippen LogP contribution is 2.32. The van der Waals surface area contributed by atoms with Crippen molar-refractivity contribution in [1.82, 2.24) is 4.57 Å². The number of nitrogen functional groups attached to an aromatic ring is 1. The van der Waals surface area contributed by atoms with Gasteiger partial charge in [0.25, 0.3) is 5.56 Å². The van der Waals surface area contributed by atoms with Gasteiger partial charge in [-0.15, -0.1) is 0 Å². The Morgan fingerprint density at radius 2 is 1.90 bits per heavy atom. The van der Waals surface area contributed by atoms with Gasteiger partial charge >= 0.3 is 0 Å². The Bertz CT molecular complexity index is 738. The molecule has 0 unspecified atom stereocenters. The van der Waals surface area contributed by atoms with Crippen LogP contribution in [0.1, 0.15) is 0 Å². The quantitative estimate of drug-likeness (QED) is 0.790. The molecular weight excluding hydrogens is 381 g/mol. The van der Waals surface area contributed by atoms with Crippen molar-refractivity contribution in [3.8, 4) is 0 Å². The molecule has 8 heteroatoms. The Balaban J connectivity index is 2.19. The molecule has 0 saturated heterocycles. The van der Waals surface area contributed by atoms with Crippen LogP contribution in [0, 0.1) is 0 Å². The molecule has 2 rings (SSSR count). The number of rotatable bonds is 3. The number of amides is 1. The van der Waals surface area contributed by atoms with E-state index in [1.165, 1.54) is 29.0 Å². The molecule has 21 heavy (non-hydrogen) atoms. The summed E-state index contributed by atoms with van der Waals surface area (Å²) in [4.78, 5) is 23.6. The number of nitrogens with two attached hydrogens (primary N) is 1. The van der Waals surface area contributed by atoms with Crippen LogP contribution >= 0.6 is 39.1 Å². The number of carbonyl (C=O) groups excluding carboxylic acids is 1. The Morgan fingerprint density at radius 3 is 2.52 bits per heavy atom. The van der Waals surface area contributed by atoms with Crippen LogP contribution in [0.2, 0.25) is 10.0 Å². The second-order valence-electron chi connectivity index (χ2n) is 4.22. The van der Waals surface area contributed by atoms with Crippen molar-refractivity contribution in [3.05, 3.63) is 55.3 Å². The predicted molar refractivity (Wildman–Crippen MR) is 87.9 cm³/mol. The lowest BCUT2D eigenvalue weighted by molar-refractivity contribution is -0.116. The van der Waals surface area contributed by atoms with Gasteiger partial charge in [0.15, 0.2) is 0 Å². The first-order valence-electron chi connectivity index (χ1n) is 5.77. The van der Waals surface area contributed by atoms with E-state index in [0.717, 1.165) is 0 Å². The molecule has 0 aliphatic rings. The largest absolute Gasteiger partial charge is 0.399 e. The van der Waals surface area contributed by atoms with E-state index in [1.54, 1.807) is 6.07 Å². The normalized spacial score (nSPS) is 10.4. The minimum Gasteiger partial charge on any atom is -0.399 e. The number of halogens is 3. The monoisotopic (exact) mass is 389 g/mol. The van der Waals surface area contributed by atoms with E-state index >= 15 is 0 Å². The third-order valence-electron chi connectivity index (χ3n) is 2.59. The van der Waals surface area contributed by atoms with E-state index in [4.69, 9.17) is 28.9 Å².